The average Bonchev–Trinajstić information content (AvgIpc) is 3.19. The van der Waals surface area contributed by atoms with Gasteiger partial charge in [0.15, 0.2) is 5.78 Å². The Kier molecular flexibility index (Phi) is 6.64. The fourth-order valence-electron chi connectivity index (χ4n) is 3.14. The lowest BCUT2D eigenvalue weighted by atomic mass is 10.2. The van der Waals surface area contributed by atoms with E-state index < -0.39 is 6.36 Å². The predicted molar refractivity (Wildman–Crippen MR) is 105 cm³/mol. The quantitative estimate of drug-likeness (QED) is 0.676. The zero-order chi connectivity index (χ0) is 22.6. The Morgan fingerprint density at radius 1 is 1.10 bits per heavy atom. The highest BCUT2D eigenvalue weighted by atomic mass is 19.4. The largest absolute Gasteiger partial charge is 0.573 e. The molecular formula is C20H21F3N4O4. The molecule has 1 aliphatic rings. The fraction of sp³-hybridized carbons (Fsp3) is 0.350. The molecule has 31 heavy (non-hydrogen) atoms. The third-order valence-electron chi connectivity index (χ3n) is 4.72. The van der Waals surface area contributed by atoms with Gasteiger partial charge in [-0.2, -0.15) is 0 Å². The number of amides is 2. The summed E-state index contributed by atoms with van der Waals surface area (Å²) in [5.74, 6) is -1.03. The predicted octanol–water partition coefficient (Wildman–Crippen LogP) is 2.51. The Morgan fingerprint density at radius 3 is 2.29 bits per heavy atom. The van der Waals surface area contributed by atoms with E-state index in [0.29, 0.717) is 43.1 Å². The first-order valence-corrected chi connectivity index (χ1v) is 9.47. The molecule has 2 N–H and O–H groups in total. The summed E-state index contributed by atoms with van der Waals surface area (Å²) in [4.78, 5) is 42.4. The van der Waals surface area contributed by atoms with E-state index in [2.05, 4.69) is 15.0 Å². The van der Waals surface area contributed by atoms with Crippen molar-refractivity contribution in [3.8, 4) is 5.75 Å². The number of rotatable bonds is 6. The Balaban J connectivity index is 1.45. The molecule has 0 spiro atoms. The van der Waals surface area contributed by atoms with Crippen molar-refractivity contribution in [3.05, 3.63) is 47.8 Å². The molecule has 11 heteroatoms. The van der Waals surface area contributed by atoms with E-state index in [-0.39, 0.29) is 29.9 Å². The van der Waals surface area contributed by atoms with Gasteiger partial charge < -0.3 is 19.9 Å². The molecule has 1 aromatic carbocycles. The van der Waals surface area contributed by atoms with E-state index in [0.717, 1.165) is 12.1 Å². The number of aromatic amines is 1. The number of Topliss-reactive ketones (excluding diaryl/α,β-unsaturated/α-hetero) is 1. The van der Waals surface area contributed by atoms with Gasteiger partial charge in [-0.1, -0.05) is 0 Å². The van der Waals surface area contributed by atoms with Crippen molar-refractivity contribution in [2.45, 2.75) is 13.3 Å². The standard InChI is InChI=1S/C20H21F3N4O4/c1-13(28)14-10-17(24-11-14)19(30)27-8-6-26(7-9-27)12-18(29)25-15-2-4-16(5-3-15)31-20(21,22)23/h2-5,10-11,24H,6-9,12H2,1H3,(H,25,29). The Bertz CT molecular complexity index is 948. The van der Waals surface area contributed by atoms with Crippen LogP contribution in [0.4, 0.5) is 18.9 Å². The number of piperazine rings is 1. The number of anilines is 1. The molecule has 0 saturated carbocycles. The lowest BCUT2D eigenvalue weighted by Crippen LogP contribution is -2.50. The van der Waals surface area contributed by atoms with E-state index in [1.165, 1.54) is 31.3 Å². The summed E-state index contributed by atoms with van der Waals surface area (Å²) < 4.78 is 40.3. The molecule has 0 bridgehead atoms. The number of nitrogens with one attached hydrogen (secondary N) is 2. The van der Waals surface area contributed by atoms with Crippen LogP contribution in [0, 0.1) is 0 Å². The normalized spacial score (nSPS) is 14.9. The van der Waals surface area contributed by atoms with Crippen molar-refractivity contribution in [2.75, 3.05) is 38.0 Å². The first-order valence-electron chi connectivity index (χ1n) is 9.47. The second-order valence-electron chi connectivity index (χ2n) is 7.05. The number of nitrogens with zero attached hydrogens (tertiary/aromatic N) is 2. The van der Waals surface area contributed by atoms with Gasteiger partial charge in [0, 0.05) is 43.6 Å². The molecule has 0 radical (unpaired) electrons. The average molecular weight is 438 g/mol. The number of carbonyl (C=O) groups excluding carboxylic acids is 3. The number of H-pyrrole nitrogens is 1. The number of benzene rings is 1. The molecule has 2 amide bonds. The van der Waals surface area contributed by atoms with Crippen LogP contribution in [-0.2, 0) is 4.79 Å². The van der Waals surface area contributed by atoms with Crippen LogP contribution in [0.15, 0.2) is 36.5 Å². The fourth-order valence-corrected chi connectivity index (χ4v) is 3.14. The maximum Gasteiger partial charge on any atom is 0.573 e. The van der Waals surface area contributed by atoms with Crippen LogP contribution in [0.3, 0.4) is 0 Å². The summed E-state index contributed by atoms with van der Waals surface area (Å²) in [6.07, 6.45) is -3.27. The van der Waals surface area contributed by atoms with Gasteiger partial charge in [0.1, 0.15) is 11.4 Å². The van der Waals surface area contributed by atoms with Gasteiger partial charge in [0.05, 0.1) is 6.54 Å². The van der Waals surface area contributed by atoms with Crippen molar-refractivity contribution in [1.29, 1.82) is 0 Å². The van der Waals surface area contributed by atoms with Crippen LogP contribution < -0.4 is 10.1 Å². The lowest BCUT2D eigenvalue weighted by Gasteiger charge is -2.34. The van der Waals surface area contributed by atoms with E-state index in [1.54, 1.807) is 4.90 Å². The Hall–Kier alpha value is -3.34. The first-order chi connectivity index (χ1) is 14.6. The van der Waals surface area contributed by atoms with E-state index in [4.69, 9.17) is 0 Å². The number of hydrogen-bond donors (Lipinski definition) is 2. The molecule has 0 unspecified atom stereocenters. The highest BCUT2D eigenvalue weighted by Crippen LogP contribution is 2.24. The maximum atomic E-state index is 12.5. The first kappa shape index (κ1) is 22.3. The van der Waals surface area contributed by atoms with Gasteiger partial charge in [0.25, 0.3) is 5.91 Å². The van der Waals surface area contributed by atoms with Crippen LogP contribution in [0.25, 0.3) is 0 Å². The minimum absolute atomic E-state index is 0.0832. The summed E-state index contributed by atoms with van der Waals surface area (Å²) in [5, 5.41) is 2.62. The monoisotopic (exact) mass is 438 g/mol. The third kappa shape index (κ3) is 6.32. The number of carbonyl (C=O) groups is 3. The molecule has 2 aromatic rings. The van der Waals surface area contributed by atoms with Crippen LogP contribution >= 0.6 is 0 Å². The van der Waals surface area contributed by atoms with Crippen molar-refractivity contribution in [1.82, 2.24) is 14.8 Å². The van der Waals surface area contributed by atoms with Crippen LogP contribution in [0.1, 0.15) is 27.8 Å². The molecule has 1 aliphatic heterocycles. The van der Waals surface area contributed by atoms with E-state index in [1.807, 2.05) is 4.90 Å². The number of aromatic nitrogens is 1. The zero-order valence-electron chi connectivity index (χ0n) is 16.7. The second-order valence-corrected chi connectivity index (χ2v) is 7.05. The molecule has 2 heterocycles. The maximum absolute atomic E-state index is 12.5. The lowest BCUT2D eigenvalue weighted by molar-refractivity contribution is -0.274. The van der Waals surface area contributed by atoms with Gasteiger partial charge in [0.2, 0.25) is 5.91 Å². The molecule has 0 aliphatic carbocycles. The molecule has 1 aromatic heterocycles. The minimum Gasteiger partial charge on any atom is -0.406 e. The number of halogens is 3. The molecule has 3 rings (SSSR count). The molecule has 8 nitrogen and oxygen atoms in total. The molecule has 1 saturated heterocycles. The Morgan fingerprint density at radius 2 is 1.74 bits per heavy atom. The van der Waals surface area contributed by atoms with Gasteiger partial charge >= 0.3 is 6.36 Å². The second kappa shape index (κ2) is 9.21. The molecule has 1 fully saturated rings. The number of alkyl halides is 3. The third-order valence-corrected chi connectivity index (χ3v) is 4.72. The molecule has 166 valence electrons. The van der Waals surface area contributed by atoms with Crippen molar-refractivity contribution in [2.24, 2.45) is 0 Å². The van der Waals surface area contributed by atoms with E-state index >= 15 is 0 Å². The SMILES string of the molecule is CC(=O)c1c[nH]c(C(=O)N2CCN(CC(=O)Nc3ccc(OC(F)(F)F)cc3)CC2)c1. The summed E-state index contributed by atoms with van der Waals surface area (Å²) in [6.45, 7) is 3.31. The minimum atomic E-state index is -4.77. The van der Waals surface area contributed by atoms with Gasteiger partial charge in [-0.3, -0.25) is 19.3 Å². The zero-order valence-corrected chi connectivity index (χ0v) is 16.7. The smallest absolute Gasteiger partial charge is 0.406 e. The highest BCUT2D eigenvalue weighted by molar-refractivity contribution is 5.99. The highest BCUT2D eigenvalue weighted by Gasteiger charge is 2.31. The van der Waals surface area contributed by atoms with Crippen LogP contribution in [-0.4, -0.2) is 71.5 Å². The van der Waals surface area contributed by atoms with Crippen LogP contribution in [0.5, 0.6) is 5.75 Å². The summed E-state index contributed by atoms with van der Waals surface area (Å²) in [7, 11) is 0. The van der Waals surface area contributed by atoms with Gasteiger partial charge in [-0.05, 0) is 37.3 Å². The molecule has 0 atom stereocenters. The van der Waals surface area contributed by atoms with E-state index in [9.17, 15) is 27.6 Å². The van der Waals surface area contributed by atoms with Gasteiger partial charge in [-0.15, -0.1) is 13.2 Å². The number of ketones is 1. The topological polar surface area (TPSA) is 94.7 Å². The molecular weight excluding hydrogens is 417 g/mol. The Labute approximate surface area is 176 Å². The number of hydrogen-bond acceptors (Lipinski definition) is 5. The van der Waals surface area contributed by atoms with Crippen molar-refractivity contribution < 1.29 is 32.3 Å². The van der Waals surface area contributed by atoms with Gasteiger partial charge in [-0.25, -0.2) is 0 Å². The van der Waals surface area contributed by atoms with Crippen LogP contribution in [0.2, 0.25) is 0 Å². The summed E-state index contributed by atoms with van der Waals surface area (Å²) in [6, 6.07) is 6.40. The summed E-state index contributed by atoms with van der Waals surface area (Å²) in [5.41, 5.74) is 1.13. The van der Waals surface area contributed by atoms with Crippen molar-refractivity contribution in [3.63, 3.8) is 0 Å². The summed E-state index contributed by atoms with van der Waals surface area (Å²) >= 11 is 0. The number of ether oxygens (including phenoxy) is 1. The van der Waals surface area contributed by atoms with Crippen molar-refractivity contribution >= 4 is 23.3 Å².